The van der Waals surface area contributed by atoms with Crippen molar-refractivity contribution in [3.63, 3.8) is 0 Å². The molecule has 20 heavy (non-hydrogen) atoms. The van der Waals surface area contributed by atoms with Gasteiger partial charge in [-0.3, -0.25) is 9.59 Å². The van der Waals surface area contributed by atoms with Gasteiger partial charge in [-0.15, -0.1) is 0 Å². The normalized spacial score (nSPS) is 19.6. The lowest BCUT2D eigenvalue weighted by atomic mass is 9.94. The van der Waals surface area contributed by atoms with E-state index in [1.165, 1.54) is 0 Å². The predicted octanol–water partition coefficient (Wildman–Crippen LogP) is 1.30. The molecule has 1 rings (SSSR count). The van der Waals surface area contributed by atoms with Gasteiger partial charge in [0.15, 0.2) is 0 Å². The van der Waals surface area contributed by atoms with Crippen molar-refractivity contribution in [3.05, 3.63) is 0 Å². The monoisotopic (exact) mass is 284 g/mol. The van der Waals surface area contributed by atoms with E-state index in [1.807, 2.05) is 13.8 Å². The van der Waals surface area contributed by atoms with Crippen molar-refractivity contribution in [3.8, 4) is 0 Å². The number of nitrogens with zero attached hydrogens (tertiary/aromatic N) is 1. The van der Waals surface area contributed by atoms with Crippen molar-refractivity contribution in [1.82, 2.24) is 10.2 Å². The molecule has 0 bridgehead atoms. The van der Waals surface area contributed by atoms with Gasteiger partial charge in [0.1, 0.15) is 0 Å². The highest BCUT2D eigenvalue weighted by atomic mass is 16.3. The molecule has 1 aliphatic heterocycles. The van der Waals surface area contributed by atoms with Crippen LogP contribution in [0, 0.1) is 5.92 Å². The number of aliphatic hydroxyl groups is 1. The van der Waals surface area contributed by atoms with Crippen LogP contribution >= 0.6 is 0 Å². The third kappa shape index (κ3) is 6.37. The molecule has 0 radical (unpaired) electrons. The number of likely N-dealkylation sites (tertiary alicyclic amines) is 1. The Bertz CT molecular complexity index is 340. The zero-order valence-electron chi connectivity index (χ0n) is 12.9. The minimum Gasteiger partial charge on any atom is -0.388 e. The van der Waals surface area contributed by atoms with E-state index in [2.05, 4.69) is 5.32 Å². The second kappa shape index (κ2) is 7.62. The molecule has 5 heteroatoms. The van der Waals surface area contributed by atoms with Gasteiger partial charge in [-0.1, -0.05) is 20.3 Å². The van der Waals surface area contributed by atoms with E-state index in [4.69, 9.17) is 0 Å². The van der Waals surface area contributed by atoms with Gasteiger partial charge in [-0.25, -0.2) is 0 Å². The van der Waals surface area contributed by atoms with Crippen LogP contribution in [0.25, 0.3) is 0 Å². The van der Waals surface area contributed by atoms with Gasteiger partial charge < -0.3 is 15.3 Å². The SMILES string of the molecule is CC(C)CC(C)(O)CNC(=O)CN1CCCCCC1=O. The molecule has 0 aromatic rings. The molecule has 0 aliphatic carbocycles. The zero-order chi connectivity index (χ0) is 15.2. The van der Waals surface area contributed by atoms with E-state index < -0.39 is 5.60 Å². The summed E-state index contributed by atoms with van der Waals surface area (Å²) in [7, 11) is 0. The van der Waals surface area contributed by atoms with Crippen molar-refractivity contribution in [1.29, 1.82) is 0 Å². The Morgan fingerprint density at radius 1 is 1.40 bits per heavy atom. The summed E-state index contributed by atoms with van der Waals surface area (Å²) in [6.45, 7) is 6.79. The highest BCUT2D eigenvalue weighted by Gasteiger charge is 2.24. The molecule has 5 nitrogen and oxygen atoms in total. The largest absolute Gasteiger partial charge is 0.388 e. The summed E-state index contributed by atoms with van der Waals surface area (Å²) < 4.78 is 0. The van der Waals surface area contributed by atoms with Gasteiger partial charge in [0.2, 0.25) is 11.8 Å². The van der Waals surface area contributed by atoms with E-state index in [1.54, 1.807) is 11.8 Å². The lowest BCUT2D eigenvalue weighted by molar-refractivity contribution is -0.135. The van der Waals surface area contributed by atoms with Crippen LogP contribution in [0.1, 0.15) is 52.9 Å². The Morgan fingerprint density at radius 2 is 2.10 bits per heavy atom. The van der Waals surface area contributed by atoms with Crippen LogP contribution in [0.2, 0.25) is 0 Å². The predicted molar refractivity (Wildman–Crippen MR) is 78.1 cm³/mol. The van der Waals surface area contributed by atoms with Crippen LogP contribution in [0.4, 0.5) is 0 Å². The molecule has 1 atom stereocenters. The molecule has 0 saturated carbocycles. The minimum absolute atomic E-state index is 0.0617. The lowest BCUT2D eigenvalue weighted by Gasteiger charge is -2.26. The maximum atomic E-state index is 11.9. The summed E-state index contributed by atoms with van der Waals surface area (Å²) >= 11 is 0. The number of hydrogen-bond acceptors (Lipinski definition) is 3. The van der Waals surface area contributed by atoms with E-state index in [-0.39, 0.29) is 24.9 Å². The third-order valence-corrected chi connectivity index (χ3v) is 3.52. The molecule has 0 spiro atoms. The fourth-order valence-electron chi connectivity index (χ4n) is 2.68. The number of nitrogens with one attached hydrogen (secondary N) is 1. The first kappa shape index (κ1) is 17.0. The molecule has 1 heterocycles. The standard InChI is InChI=1S/C15H28N2O3/c1-12(2)9-15(3,20)11-16-13(18)10-17-8-6-4-5-7-14(17)19/h12,20H,4-11H2,1-3H3,(H,16,18). The van der Waals surface area contributed by atoms with Gasteiger partial charge in [0.05, 0.1) is 12.1 Å². The summed E-state index contributed by atoms with van der Waals surface area (Å²) in [5.74, 6) is 0.241. The molecule has 0 aromatic heterocycles. The molecule has 1 aliphatic rings. The molecular weight excluding hydrogens is 256 g/mol. The van der Waals surface area contributed by atoms with Gasteiger partial charge in [-0.05, 0) is 32.1 Å². The highest BCUT2D eigenvalue weighted by molar-refractivity contribution is 5.84. The van der Waals surface area contributed by atoms with E-state index in [9.17, 15) is 14.7 Å². The van der Waals surface area contributed by atoms with Gasteiger partial charge in [0.25, 0.3) is 0 Å². The van der Waals surface area contributed by atoms with Crippen LogP contribution in [-0.2, 0) is 9.59 Å². The summed E-state index contributed by atoms with van der Waals surface area (Å²) in [4.78, 5) is 25.3. The van der Waals surface area contributed by atoms with Crippen molar-refractivity contribution < 1.29 is 14.7 Å². The minimum atomic E-state index is -0.896. The summed E-state index contributed by atoms with van der Waals surface area (Å²) in [5.41, 5.74) is -0.896. The first-order valence-corrected chi connectivity index (χ1v) is 7.57. The van der Waals surface area contributed by atoms with Gasteiger partial charge in [-0.2, -0.15) is 0 Å². The molecule has 1 saturated heterocycles. The fraction of sp³-hybridized carbons (Fsp3) is 0.867. The topological polar surface area (TPSA) is 69.6 Å². The summed E-state index contributed by atoms with van der Waals surface area (Å²) in [6, 6.07) is 0. The quantitative estimate of drug-likeness (QED) is 0.772. The number of carbonyl (C=O) groups is 2. The molecular formula is C15H28N2O3. The van der Waals surface area contributed by atoms with Gasteiger partial charge in [0, 0.05) is 19.5 Å². The van der Waals surface area contributed by atoms with E-state index in [0.717, 1.165) is 19.3 Å². The molecule has 116 valence electrons. The van der Waals surface area contributed by atoms with Crippen LogP contribution in [0.15, 0.2) is 0 Å². The highest BCUT2D eigenvalue weighted by Crippen LogP contribution is 2.15. The summed E-state index contributed by atoms with van der Waals surface area (Å²) in [6.07, 6.45) is 4.10. The molecule has 2 N–H and O–H groups in total. The van der Waals surface area contributed by atoms with Crippen molar-refractivity contribution in [2.24, 2.45) is 5.92 Å². The zero-order valence-corrected chi connectivity index (χ0v) is 12.9. The number of amides is 2. The Kier molecular flexibility index (Phi) is 6.46. The second-order valence-electron chi connectivity index (χ2n) is 6.50. The lowest BCUT2D eigenvalue weighted by Crippen LogP contribution is -2.46. The van der Waals surface area contributed by atoms with Crippen molar-refractivity contribution in [2.45, 2.75) is 58.5 Å². The molecule has 1 unspecified atom stereocenters. The Morgan fingerprint density at radius 3 is 2.75 bits per heavy atom. The molecule has 0 aromatic carbocycles. The Balaban J connectivity index is 2.37. The van der Waals surface area contributed by atoms with Crippen LogP contribution in [0.3, 0.4) is 0 Å². The van der Waals surface area contributed by atoms with Crippen LogP contribution < -0.4 is 5.32 Å². The number of rotatable bonds is 6. The Hall–Kier alpha value is -1.10. The average molecular weight is 284 g/mol. The third-order valence-electron chi connectivity index (χ3n) is 3.52. The van der Waals surface area contributed by atoms with Gasteiger partial charge >= 0.3 is 0 Å². The molecule has 1 fully saturated rings. The van der Waals surface area contributed by atoms with Crippen LogP contribution in [-0.4, -0.2) is 47.1 Å². The summed E-state index contributed by atoms with van der Waals surface area (Å²) in [5, 5.41) is 12.9. The maximum Gasteiger partial charge on any atom is 0.239 e. The maximum absolute atomic E-state index is 11.9. The second-order valence-corrected chi connectivity index (χ2v) is 6.50. The van der Waals surface area contributed by atoms with E-state index >= 15 is 0 Å². The van der Waals surface area contributed by atoms with Crippen molar-refractivity contribution in [2.75, 3.05) is 19.6 Å². The van der Waals surface area contributed by atoms with Crippen LogP contribution in [0.5, 0.6) is 0 Å². The fourth-order valence-corrected chi connectivity index (χ4v) is 2.68. The average Bonchev–Trinajstić information content (AvgIpc) is 2.51. The van der Waals surface area contributed by atoms with E-state index in [0.29, 0.717) is 25.3 Å². The van der Waals surface area contributed by atoms with Crippen molar-refractivity contribution >= 4 is 11.8 Å². The number of carbonyl (C=O) groups excluding carboxylic acids is 2. The number of hydrogen-bond donors (Lipinski definition) is 2. The molecule has 2 amide bonds. The first-order chi connectivity index (χ1) is 9.30. The first-order valence-electron chi connectivity index (χ1n) is 7.57. The smallest absolute Gasteiger partial charge is 0.239 e. The Labute approximate surface area is 121 Å².